The van der Waals surface area contributed by atoms with Crippen LogP contribution < -0.4 is 0 Å². The van der Waals surface area contributed by atoms with E-state index in [4.69, 9.17) is 6.42 Å². The van der Waals surface area contributed by atoms with Gasteiger partial charge in [-0.15, -0.1) is 13.0 Å². The van der Waals surface area contributed by atoms with Gasteiger partial charge in [0.2, 0.25) is 0 Å². The maximum Gasteiger partial charge on any atom is 0.142 e. The van der Waals surface area contributed by atoms with E-state index in [2.05, 4.69) is 12.5 Å². The van der Waals surface area contributed by atoms with Crippen LogP contribution in [0.15, 0.2) is 30.9 Å². The number of benzene rings is 1. The average molecular weight is 174 g/mol. The number of terminal acetylenes is 1. The maximum absolute atomic E-state index is 13.5. The van der Waals surface area contributed by atoms with Crippen LogP contribution in [0, 0.1) is 18.2 Å². The van der Waals surface area contributed by atoms with Crippen LogP contribution in [0.4, 0.5) is 4.39 Å². The highest BCUT2D eigenvalue weighted by Crippen LogP contribution is 2.21. The first-order valence-electron chi connectivity index (χ1n) is 4.08. The summed E-state index contributed by atoms with van der Waals surface area (Å²) in [4.78, 5) is 0. The predicted octanol–water partition coefficient (Wildman–Crippen LogP) is 3.10. The van der Waals surface area contributed by atoms with E-state index in [1.807, 2.05) is 6.92 Å². The molecular formula is C12H11F. The Morgan fingerprint density at radius 2 is 2.31 bits per heavy atom. The summed E-state index contributed by atoms with van der Waals surface area (Å²) in [6.07, 6.45) is 6.84. The fourth-order valence-electron chi connectivity index (χ4n) is 1.14. The van der Waals surface area contributed by atoms with Gasteiger partial charge >= 0.3 is 0 Å². The van der Waals surface area contributed by atoms with E-state index < -0.39 is 0 Å². The molecule has 0 spiro atoms. The molecule has 0 aliphatic heterocycles. The molecule has 0 aromatic heterocycles. The van der Waals surface area contributed by atoms with Crippen molar-refractivity contribution in [3.05, 3.63) is 47.8 Å². The molecule has 13 heavy (non-hydrogen) atoms. The highest BCUT2D eigenvalue weighted by atomic mass is 19.1. The first kappa shape index (κ1) is 9.54. The number of rotatable bonds is 2. The minimum absolute atomic E-state index is 0.00620. The van der Waals surface area contributed by atoms with Gasteiger partial charge in [0.05, 0.1) is 5.56 Å². The van der Waals surface area contributed by atoms with Gasteiger partial charge in [-0.2, -0.15) is 0 Å². The average Bonchev–Trinajstić information content (AvgIpc) is 2.17. The second-order valence-electron chi connectivity index (χ2n) is 2.88. The van der Waals surface area contributed by atoms with Gasteiger partial charge in [-0.1, -0.05) is 31.1 Å². The molecule has 1 unspecified atom stereocenters. The largest absolute Gasteiger partial charge is 0.205 e. The van der Waals surface area contributed by atoms with Gasteiger partial charge in [-0.05, 0) is 11.6 Å². The third kappa shape index (κ3) is 1.78. The van der Waals surface area contributed by atoms with Gasteiger partial charge in [0.15, 0.2) is 0 Å². The summed E-state index contributed by atoms with van der Waals surface area (Å²) in [5, 5.41) is 0. The lowest BCUT2D eigenvalue weighted by Gasteiger charge is -2.08. The SMILES string of the molecule is C#Cc1cccc(C(C)C=C)c1F. The van der Waals surface area contributed by atoms with Gasteiger partial charge in [-0.25, -0.2) is 4.39 Å². The van der Waals surface area contributed by atoms with Crippen molar-refractivity contribution in [1.29, 1.82) is 0 Å². The van der Waals surface area contributed by atoms with Crippen LogP contribution in [0.25, 0.3) is 0 Å². The summed E-state index contributed by atoms with van der Waals surface area (Å²) in [7, 11) is 0. The molecule has 1 rings (SSSR count). The highest BCUT2D eigenvalue weighted by molar-refractivity contribution is 5.39. The molecule has 0 saturated heterocycles. The second kappa shape index (κ2) is 3.91. The smallest absolute Gasteiger partial charge is 0.142 e. The summed E-state index contributed by atoms with van der Waals surface area (Å²) in [6, 6.07) is 5.07. The molecule has 0 aliphatic rings. The molecule has 0 amide bonds. The highest BCUT2D eigenvalue weighted by Gasteiger charge is 2.09. The quantitative estimate of drug-likeness (QED) is 0.477. The van der Waals surface area contributed by atoms with E-state index in [-0.39, 0.29) is 11.7 Å². The fourth-order valence-corrected chi connectivity index (χ4v) is 1.14. The van der Waals surface area contributed by atoms with Gasteiger partial charge in [-0.3, -0.25) is 0 Å². The van der Waals surface area contributed by atoms with Crippen LogP contribution in [-0.4, -0.2) is 0 Å². The van der Waals surface area contributed by atoms with Crippen molar-refractivity contribution in [3.8, 4) is 12.3 Å². The van der Waals surface area contributed by atoms with Gasteiger partial charge in [0.25, 0.3) is 0 Å². The third-order valence-electron chi connectivity index (χ3n) is 2.03. The summed E-state index contributed by atoms with van der Waals surface area (Å²) in [5.74, 6) is 1.99. The van der Waals surface area contributed by atoms with Crippen LogP contribution in [0.2, 0.25) is 0 Å². The Morgan fingerprint density at radius 3 is 2.85 bits per heavy atom. The fraction of sp³-hybridized carbons (Fsp3) is 0.167. The maximum atomic E-state index is 13.5. The van der Waals surface area contributed by atoms with Crippen molar-refractivity contribution in [2.45, 2.75) is 12.8 Å². The molecular weight excluding hydrogens is 163 g/mol. The zero-order chi connectivity index (χ0) is 9.84. The zero-order valence-electron chi connectivity index (χ0n) is 7.55. The lowest BCUT2D eigenvalue weighted by molar-refractivity contribution is 0.602. The molecule has 66 valence electrons. The molecule has 0 N–H and O–H groups in total. The molecule has 1 atom stereocenters. The molecule has 0 heterocycles. The predicted molar refractivity (Wildman–Crippen MR) is 52.9 cm³/mol. The van der Waals surface area contributed by atoms with E-state index in [0.717, 1.165) is 0 Å². The Balaban J connectivity index is 3.25. The summed E-state index contributed by atoms with van der Waals surface area (Å²) < 4.78 is 13.5. The number of hydrogen-bond donors (Lipinski definition) is 0. The minimum atomic E-state index is -0.308. The molecule has 1 aromatic rings. The molecule has 0 saturated carbocycles. The van der Waals surface area contributed by atoms with Crippen LogP contribution >= 0.6 is 0 Å². The van der Waals surface area contributed by atoms with Crippen LogP contribution in [0.5, 0.6) is 0 Å². The van der Waals surface area contributed by atoms with Crippen LogP contribution in [-0.2, 0) is 0 Å². The van der Waals surface area contributed by atoms with Crippen LogP contribution in [0.1, 0.15) is 24.0 Å². The lowest BCUT2D eigenvalue weighted by atomic mass is 9.98. The molecule has 0 radical (unpaired) electrons. The van der Waals surface area contributed by atoms with E-state index in [1.165, 1.54) is 0 Å². The van der Waals surface area contributed by atoms with Crippen molar-refractivity contribution in [2.24, 2.45) is 0 Å². The van der Waals surface area contributed by atoms with E-state index in [9.17, 15) is 4.39 Å². The van der Waals surface area contributed by atoms with Crippen molar-refractivity contribution >= 4 is 0 Å². The topological polar surface area (TPSA) is 0 Å². The number of hydrogen-bond acceptors (Lipinski definition) is 0. The molecule has 1 aromatic carbocycles. The van der Waals surface area contributed by atoms with Crippen molar-refractivity contribution in [1.82, 2.24) is 0 Å². The molecule has 0 aliphatic carbocycles. The van der Waals surface area contributed by atoms with E-state index >= 15 is 0 Å². The Morgan fingerprint density at radius 1 is 1.62 bits per heavy atom. The monoisotopic (exact) mass is 174 g/mol. The van der Waals surface area contributed by atoms with Gasteiger partial charge < -0.3 is 0 Å². The Kier molecular flexibility index (Phi) is 2.87. The second-order valence-corrected chi connectivity index (χ2v) is 2.88. The lowest BCUT2D eigenvalue weighted by Crippen LogP contribution is -1.96. The van der Waals surface area contributed by atoms with E-state index in [0.29, 0.717) is 11.1 Å². The Bertz CT molecular complexity index is 358. The first-order valence-corrected chi connectivity index (χ1v) is 4.08. The Labute approximate surface area is 78.1 Å². The van der Waals surface area contributed by atoms with Crippen LogP contribution in [0.3, 0.4) is 0 Å². The summed E-state index contributed by atoms with van der Waals surface area (Å²) >= 11 is 0. The minimum Gasteiger partial charge on any atom is -0.205 e. The third-order valence-corrected chi connectivity index (χ3v) is 2.03. The molecule has 0 bridgehead atoms. The molecule has 1 heteroatoms. The standard InChI is InChI=1S/C12H11F/c1-4-9(3)11-8-6-7-10(5-2)12(11)13/h2,4,6-9H,1H2,3H3. The van der Waals surface area contributed by atoms with Gasteiger partial charge in [0.1, 0.15) is 5.82 Å². The van der Waals surface area contributed by atoms with E-state index in [1.54, 1.807) is 24.3 Å². The normalized spacial score (nSPS) is 11.8. The van der Waals surface area contributed by atoms with Crippen molar-refractivity contribution in [2.75, 3.05) is 0 Å². The molecule has 0 fully saturated rings. The van der Waals surface area contributed by atoms with Gasteiger partial charge in [0, 0.05) is 5.92 Å². The zero-order valence-corrected chi connectivity index (χ0v) is 7.55. The number of halogens is 1. The Hall–Kier alpha value is -1.55. The first-order chi connectivity index (χ1) is 6.20. The van der Waals surface area contributed by atoms with Crippen molar-refractivity contribution < 1.29 is 4.39 Å². The molecule has 0 nitrogen and oxygen atoms in total. The number of allylic oxidation sites excluding steroid dienone is 1. The van der Waals surface area contributed by atoms with Crippen molar-refractivity contribution in [3.63, 3.8) is 0 Å². The summed E-state index contributed by atoms with van der Waals surface area (Å²) in [5.41, 5.74) is 0.914. The summed E-state index contributed by atoms with van der Waals surface area (Å²) in [6.45, 7) is 5.50.